The third kappa shape index (κ3) is 4.48. The average molecular weight is 463 g/mol. The zero-order valence-corrected chi connectivity index (χ0v) is 18.3. The van der Waals surface area contributed by atoms with Crippen molar-refractivity contribution in [2.24, 2.45) is 0 Å². The van der Waals surface area contributed by atoms with Gasteiger partial charge in [0.15, 0.2) is 0 Å². The summed E-state index contributed by atoms with van der Waals surface area (Å²) in [6.07, 6.45) is 1.49. The minimum absolute atomic E-state index is 0.0188. The summed E-state index contributed by atoms with van der Waals surface area (Å²) in [5, 5.41) is -0.217. The van der Waals surface area contributed by atoms with Crippen LogP contribution in [0.1, 0.15) is 0 Å². The summed E-state index contributed by atoms with van der Waals surface area (Å²) in [6.45, 7) is 1.47. The number of hydrogen-bond acceptors (Lipinski definition) is 6. The average Bonchev–Trinajstić information content (AvgIpc) is 2.81. The van der Waals surface area contributed by atoms with Crippen molar-refractivity contribution in [3.05, 3.63) is 65.7 Å². The molecule has 2 aromatic carbocycles. The van der Waals surface area contributed by atoms with E-state index in [-0.39, 0.29) is 23.0 Å². The highest BCUT2D eigenvalue weighted by Gasteiger charge is 2.29. The van der Waals surface area contributed by atoms with Gasteiger partial charge in [0.25, 0.3) is 0 Å². The Morgan fingerprint density at radius 2 is 1.81 bits per heavy atom. The molecule has 0 spiro atoms. The van der Waals surface area contributed by atoms with Crippen molar-refractivity contribution in [1.29, 1.82) is 0 Å². The zero-order valence-electron chi connectivity index (χ0n) is 16.7. The molecule has 1 aliphatic rings. The van der Waals surface area contributed by atoms with E-state index in [4.69, 9.17) is 16.3 Å². The number of aromatic nitrogens is 2. The molecule has 0 saturated carbocycles. The van der Waals surface area contributed by atoms with Crippen molar-refractivity contribution in [2.75, 3.05) is 38.2 Å². The van der Waals surface area contributed by atoms with Crippen LogP contribution in [0.5, 0.6) is 5.75 Å². The van der Waals surface area contributed by atoms with Crippen LogP contribution in [0, 0.1) is 5.82 Å². The van der Waals surface area contributed by atoms with Gasteiger partial charge in [-0.05, 0) is 30.3 Å². The second kappa shape index (κ2) is 8.78. The third-order valence-corrected chi connectivity index (χ3v) is 7.29. The molecule has 0 unspecified atom stereocenters. The fourth-order valence-electron chi connectivity index (χ4n) is 3.40. The highest BCUT2D eigenvalue weighted by Crippen LogP contribution is 2.26. The maximum atomic E-state index is 13.4. The lowest BCUT2D eigenvalue weighted by molar-refractivity contribution is 0.383. The number of ether oxygens (including phenoxy) is 1. The summed E-state index contributed by atoms with van der Waals surface area (Å²) < 4.78 is 45.8. The van der Waals surface area contributed by atoms with Crippen molar-refractivity contribution in [3.8, 4) is 17.0 Å². The lowest BCUT2D eigenvalue weighted by atomic mass is 10.1. The van der Waals surface area contributed by atoms with Gasteiger partial charge < -0.3 is 9.64 Å². The van der Waals surface area contributed by atoms with E-state index >= 15 is 0 Å². The smallest absolute Gasteiger partial charge is 0.243 e. The Labute approximate surface area is 185 Å². The van der Waals surface area contributed by atoms with E-state index < -0.39 is 15.8 Å². The van der Waals surface area contributed by atoms with Crippen molar-refractivity contribution in [3.63, 3.8) is 0 Å². The SMILES string of the molecule is COc1cccc(-c2cc(N3CCN(S(=O)(=O)c4ccc(F)c(Cl)c4)CC3)ncn2)c1. The van der Waals surface area contributed by atoms with E-state index in [1.165, 1.54) is 16.7 Å². The van der Waals surface area contributed by atoms with Crippen LogP contribution in [0.3, 0.4) is 0 Å². The van der Waals surface area contributed by atoms with E-state index in [1.54, 1.807) is 7.11 Å². The lowest BCUT2D eigenvalue weighted by Gasteiger charge is -2.34. The number of benzene rings is 2. The van der Waals surface area contributed by atoms with Gasteiger partial charge in [0, 0.05) is 37.8 Å². The van der Waals surface area contributed by atoms with Crippen LogP contribution >= 0.6 is 11.6 Å². The molecular formula is C21H20ClFN4O3S. The van der Waals surface area contributed by atoms with Gasteiger partial charge in [-0.25, -0.2) is 22.8 Å². The maximum absolute atomic E-state index is 13.4. The van der Waals surface area contributed by atoms with Crippen LogP contribution in [-0.4, -0.2) is 56.0 Å². The van der Waals surface area contributed by atoms with E-state index in [1.807, 2.05) is 35.2 Å². The minimum atomic E-state index is -3.76. The highest BCUT2D eigenvalue weighted by molar-refractivity contribution is 7.89. The summed E-state index contributed by atoms with van der Waals surface area (Å²) >= 11 is 5.76. The van der Waals surface area contributed by atoms with Gasteiger partial charge in [-0.15, -0.1) is 0 Å². The van der Waals surface area contributed by atoms with E-state index in [9.17, 15) is 12.8 Å². The minimum Gasteiger partial charge on any atom is -0.497 e. The molecule has 1 aliphatic heterocycles. The molecule has 3 aromatic rings. The topological polar surface area (TPSA) is 75.6 Å². The molecule has 31 heavy (non-hydrogen) atoms. The Bertz CT molecular complexity index is 1200. The molecule has 0 radical (unpaired) electrons. The van der Waals surface area contributed by atoms with Crippen molar-refractivity contribution < 1.29 is 17.5 Å². The first-order valence-electron chi connectivity index (χ1n) is 9.55. The first-order valence-corrected chi connectivity index (χ1v) is 11.4. The lowest BCUT2D eigenvalue weighted by Crippen LogP contribution is -2.48. The highest BCUT2D eigenvalue weighted by atomic mass is 35.5. The van der Waals surface area contributed by atoms with Crippen LogP contribution in [0.25, 0.3) is 11.3 Å². The molecule has 4 rings (SSSR count). The standard InChI is InChI=1S/C21H20ClFN4O3S/c1-30-16-4-2-3-15(11-16)20-13-21(25-14-24-20)26-7-9-27(10-8-26)31(28,29)17-5-6-19(23)18(22)12-17/h2-6,11-14H,7-10H2,1H3. The Balaban J connectivity index is 1.49. The van der Waals surface area contributed by atoms with Crippen molar-refractivity contribution in [1.82, 2.24) is 14.3 Å². The zero-order chi connectivity index (χ0) is 22.0. The summed E-state index contributed by atoms with van der Waals surface area (Å²) in [5.74, 6) is 0.799. The number of piperazine rings is 1. The Morgan fingerprint density at radius 3 is 2.52 bits per heavy atom. The van der Waals surface area contributed by atoms with Crippen LogP contribution in [0.2, 0.25) is 5.02 Å². The normalized spacial score (nSPS) is 15.1. The second-order valence-electron chi connectivity index (χ2n) is 6.96. The fraction of sp³-hybridized carbons (Fsp3) is 0.238. The molecule has 162 valence electrons. The van der Waals surface area contributed by atoms with Crippen LogP contribution in [0.4, 0.5) is 10.2 Å². The number of nitrogens with zero attached hydrogens (tertiary/aromatic N) is 4. The van der Waals surface area contributed by atoms with Gasteiger partial charge in [-0.2, -0.15) is 4.31 Å². The molecule has 7 nitrogen and oxygen atoms in total. The van der Waals surface area contributed by atoms with Crippen molar-refractivity contribution in [2.45, 2.75) is 4.90 Å². The van der Waals surface area contributed by atoms with Gasteiger partial charge in [-0.1, -0.05) is 23.7 Å². The molecule has 0 aliphatic carbocycles. The number of hydrogen-bond donors (Lipinski definition) is 0. The molecule has 0 bridgehead atoms. The predicted molar refractivity (Wildman–Crippen MR) is 116 cm³/mol. The van der Waals surface area contributed by atoms with E-state index in [0.717, 1.165) is 35.0 Å². The van der Waals surface area contributed by atoms with Gasteiger partial charge in [0.05, 0.1) is 22.7 Å². The number of anilines is 1. The number of methoxy groups -OCH3 is 1. The van der Waals surface area contributed by atoms with Gasteiger partial charge >= 0.3 is 0 Å². The maximum Gasteiger partial charge on any atom is 0.243 e. The largest absolute Gasteiger partial charge is 0.497 e. The monoisotopic (exact) mass is 462 g/mol. The third-order valence-electron chi connectivity index (χ3n) is 5.11. The van der Waals surface area contributed by atoms with E-state index in [0.29, 0.717) is 13.1 Å². The summed E-state index contributed by atoms with van der Waals surface area (Å²) in [7, 11) is -2.15. The fourth-order valence-corrected chi connectivity index (χ4v) is 5.10. The molecule has 1 saturated heterocycles. The summed E-state index contributed by atoms with van der Waals surface area (Å²) in [6, 6.07) is 12.9. The van der Waals surface area contributed by atoms with Crippen LogP contribution < -0.4 is 9.64 Å². The van der Waals surface area contributed by atoms with Gasteiger partial charge in [0.1, 0.15) is 23.7 Å². The van der Waals surface area contributed by atoms with E-state index in [2.05, 4.69) is 9.97 Å². The molecule has 10 heteroatoms. The number of sulfonamides is 1. The second-order valence-corrected chi connectivity index (χ2v) is 9.31. The van der Waals surface area contributed by atoms with Crippen LogP contribution in [0.15, 0.2) is 59.8 Å². The van der Waals surface area contributed by atoms with Crippen molar-refractivity contribution >= 4 is 27.4 Å². The van der Waals surface area contributed by atoms with Gasteiger partial charge in [0.2, 0.25) is 10.0 Å². The van der Waals surface area contributed by atoms with Gasteiger partial charge in [-0.3, -0.25) is 0 Å². The first kappa shape index (κ1) is 21.5. The molecule has 1 fully saturated rings. The Kier molecular flexibility index (Phi) is 6.08. The predicted octanol–water partition coefficient (Wildman–Crippen LogP) is 3.46. The summed E-state index contributed by atoms with van der Waals surface area (Å²) in [4.78, 5) is 10.7. The number of halogens is 2. The van der Waals surface area contributed by atoms with Crippen LogP contribution in [-0.2, 0) is 10.0 Å². The summed E-state index contributed by atoms with van der Waals surface area (Å²) in [5.41, 5.74) is 1.65. The molecule has 0 atom stereocenters. The molecule has 0 amide bonds. The number of rotatable bonds is 5. The first-order chi connectivity index (χ1) is 14.9. The Morgan fingerprint density at radius 1 is 1.03 bits per heavy atom. The molecule has 1 aromatic heterocycles. The molecule has 0 N–H and O–H groups in total. The molecular weight excluding hydrogens is 443 g/mol. The molecule has 2 heterocycles. The quantitative estimate of drug-likeness (QED) is 0.578. The Hall–Kier alpha value is -2.75.